The van der Waals surface area contributed by atoms with Gasteiger partial charge >= 0.3 is 0 Å². The van der Waals surface area contributed by atoms with Gasteiger partial charge in [-0.3, -0.25) is 9.69 Å². The first-order chi connectivity index (χ1) is 12.2. The summed E-state index contributed by atoms with van der Waals surface area (Å²) in [6.45, 7) is 6.85. The number of thioether (sulfide) groups is 1. The van der Waals surface area contributed by atoms with E-state index in [-0.39, 0.29) is 5.56 Å². The highest BCUT2D eigenvalue weighted by Gasteiger charge is 2.20. The number of aromatic amines is 1. The standard InChI is InChI=1S/C19H23N3O2S/c1-3-14-4-6-15(7-5-14)13-25-19-20-17-8-9-22(10-11-24-2)12-16(17)18(23)21-19/h3-7H,1,8-13H2,2H3,(H,20,21,23). The van der Waals surface area contributed by atoms with Gasteiger partial charge in [0.05, 0.1) is 17.9 Å². The molecular weight excluding hydrogens is 334 g/mol. The minimum Gasteiger partial charge on any atom is -0.383 e. The highest BCUT2D eigenvalue weighted by molar-refractivity contribution is 7.98. The van der Waals surface area contributed by atoms with E-state index in [1.807, 2.05) is 18.2 Å². The van der Waals surface area contributed by atoms with Gasteiger partial charge in [-0.2, -0.15) is 0 Å². The van der Waals surface area contributed by atoms with E-state index in [0.717, 1.165) is 42.1 Å². The fourth-order valence-electron chi connectivity index (χ4n) is 2.84. The maximum Gasteiger partial charge on any atom is 0.256 e. The van der Waals surface area contributed by atoms with Crippen LogP contribution in [0.5, 0.6) is 0 Å². The van der Waals surface area contributed by atoms with E-state index in [4.69, 9.17) is 4.74 Å². The van der Waals surface area contributed by atoms with Crippen LogP contribution in [-0.2, 0) is 23.5 Å². The number of methoxy groups -OCH3 is 1. The molecule has 0 fully saturated rings. The smallest absolute Gasteiger partial charge is 0.256 e. The molecule has 2 aromatic rings. The van der Waals surface area contributed by atoms with E-state index in [1.54, 1.807) is 18.9 Å². The quantitative estimate of drug-likeness (QED) is 0.610. The Morgan fingerprint density at radius 1 is 1.40 bits per heavy atom. The molecule has 1 aliphatic heterocycles. The molecule has 0 bridgehead atoms. The van der Waals surface area contributed by atoms with Crippen LogP contribution in [0.3, 0.4) is 0 Å². The van der Waals surface area contributed by atoms with Crippen molar-refractivity contribution < 1.29 is 4.74 Å². The van der Waals surface area contributed by atoms with Crippen molar-refractivity contribution in [3.05, 3.63) is 63.6 Å². The van der Waals surface area contributed by atoms with Crippen molar-refractivity contribution in [3.8, 4) is 0 Å². The Morgan fingerprint density at radius 2 is 2.20 bits per heavy atom. The summed E-state index contributed by atoms with van der Waals surface area (Å²) in [5.41, 5.74) is 4.01. The molecule has 1 aliphatic rings. The molecule has 1 aromatic heterocycles. The van der Waals surface area contributed by atoms with Crippen molar-refractivity contribution in [2.45, 2.75) is 23.9 Å². The summed E-state index contributed by atoms with van der Waals surface area (Å²) < 4.78 is 5.12. The fourth-order valence-corrected chi connectivity index (χ4v) is 3.67. The SMILES string of the molecule is C=Cc1ccc(CSc2nc3c(c(=O)[nH]2)CN(CCOC)CC3)cc1. The Balaban J connectivity index is 1.67. The Labute approximate surface area is 152 Å². The average molecular weight is 357 g/mol. The number of hydrogen-bond acceptors (Lipinski definition) is 5. The van der Waals surface area contributed by atoms with Gasteiger partial charge in [-0.1, -0.05) is 48.7 Å². The van der Waals surface area contributed by atoms with Crippen molar-refractivity contribution in [3.63, 3.8) is 0 Å². The first-order valence-electron chi connectivity index (χ1n) is 8.37. The van der Waals surface area contributed by atoms with E-state index in [9.17, 15) is 4.79 Å². The number of nitrogens with zero attached hydrogens (tertiary/aromatic N) is 2. The molecule has 2 heterocycles. The zero-order valence-corrected chi connectivity index (χ0v) is 15.3. The van der Waals surface area contributed by atoms with Crippen LogP contribution >= 0.6 is 11.8 Å². The second-order valence-corrected chi connectivity index (χ2v) is 7.01. The Hall–Kier alpha value is -1.89. The van der Waals surface area contributed by atoms with Gasteiger partial charge in [0.2, 0.25) is 0 Å². The van der Waals surface area contributed by atoms with E-state index < -0.39 is 0 Å². The molecule has 6 heteroatoms. The molecule has 132 valence electrons. The van der Waals surface area contributed by atoms with Crippen LogP contribution in [0.1, 0.15) is 22.4 Å². The Kier molecular flexibility index (Phi) is 6.07. The maximum absolute atomic E-state index is 12.4. The zero-order chi connectivity index (χ0) is 17.6. The number of benzene rings is 1. The first-order valence-corrected chi connectivity index (χ1v) is 9.35. The molecule has 0 aliphatic carbocycles. The molecular formula is C19H23N3O2S. The van der Waals surface area contributed by atoms with Crippen LogP contribution in [0.2, 0.25) is 0 Å². The van der Waals surface area contributed by atoms with Gasteiger partial charge in [-0.05, 0) is 11.1 Å². The van der Waals surface area contributed by atoms with E-state index in [0.29, 0.717) is 18.3 Å². The number of aromatic nitrogens is 2. The highest BCUT2D eigenvalue weighted by Crippen LogP contribution is 2.21. The summed E-state index contributed by atoms with van der Waals surface area (Å²) in [7, 11) is 1.70. The summed E-state index contributed by atoms with van der Waals surface area (Å²) in [4.78, 5) is 22.3. The largest absolute Gasteiger partial charge is 0.383 e. The number of ether oxygens (including phenoxy) is 1. The number of H-pyrrole nitrogens is 1. The van der Waals surface area contributed by atoms with Gasteiger partial charge in [0, 0.05) is 38.9 Å². The maximum atomic E-state index is 12.4. The molecule has 0 saturated heterocycles. The molecule has 0 radical (unpaired) electrons. The lowest BCUT2D eigenvalue weighted by molar-refractivity contribution is 0.139. The Bertz CT molecular complexity index is 786. The van der Waals surface area contributed by atoms with Crippen molar-refractivity contribution in [2.75, 3.05) is 26.8 Å². The molecule has 0 saturated carbocycles. The predicted octanol–water partition coefficient (Wildman–Crippen LogP) is 2.71. The predicted molar refractivity (Wildman–Crippen MR) is 102 cm³/mol. The number of hydrogen-bond donors (Lipinski definition) is 1. The molecule has 5 nitrogen and oxygen atoms in total. The summed E-state index contributed by atoms with van der Waals surface area (Å²) in [6.07, 6.45) is 2.64. The fraction of sp³-hybridized carbons (Fsp3) is 0.368. The average Bonchev–Trinajstić information content (AvgIpc) is 2.65. The molecule has 25 heavy (non-hydrogen) atoms. The van der Waals surface area contributed by atoms with E-state index >= 15 is 0 Å². The van der Waals surface area contributed by atoms with Gasteiger partial charge in [0.25, 0.3) is 5.56 Å². The van der Waals surface area contributed by atoms with Crippen LogP contribution in [0.25, 0.3) is 6.08 Å². The third-order valence-corrected chi connectivity index (χ3v) is 5.27. The van der Waals surface area contributed by atoms with Crippen molar-refractivity contribution >= 4 is 17.8 Å². The first kappa shape index (κ1) is 17.9. The van der Waals surface area contributed by atoms with Gasteiger partial charge < -0.3 is 9.72 Å². The number of rotatable bonds is 7. The van der Waals surface area contributed by atoms with Gasteiger partial charge in [-0.25, -0.2) is 4.98 Å². The summed E-state index contributed by atoms with van der Waals surface area (Å²) >= 11 is 1.56. The van der Waals surface area contributed by atoms with Crippen molar-refractivity contribution in [1.29, 1.82) is 0 Å². The van der Waals surface area contributed by atoms with Crippen molar-refractivity contribution in [1.82, 2.24) is 14.9 Å². The molecule has 0 atom stereocenters. The summed E-state index contributed by atoms with van der Waals surface area (Å²) in [5.74, 6) is 0.777. The second kappa shape index (κ2) is 8.47. The number of fused-ring (bicyclic) bond motifs is 1. The minimum absolute atomic E-state index is 0.0170. The summed E-state index contributed by atoms with van der Waals surface area (Å²) in [6, 6.07) is 8.24. The van der Waals surface area contributed by atoms with Gasteiger partial charge in [-0.15, -0.1) is 0 Å². The number of nitrogens with one attached hydrogen (secondary N) is 1. The van der Waals surface area contributed by atoms with Crippen molar-refractivity contribution in [2.24, 2.45) is 0 Å². The van der Waals surface area contributed by atoms with Crippen LogP contribution in [-0.4, -0.2) is 41.7 Å². The van der Waals surface area contributed by atoms with E-state index in [2.05, 4.69) is 33.6 Å². The molecule has 0 amide bonds. The van der Waals surface area contributed by atoms with Gasteiger partial charge in [0.1, 0.15) is 0 Å². The lowest BCUT2D eigenvalue weighted by atomic mass is 10.1. The lowest BCUT2D eigenvalue weighted by Gasteiger charge is -2.27. The topological polar surface area (TPSA) is 58.2 Å². The van der Waals surface area contributed by atoms with E-state index in [1.165, 1.54) is 5.56 Å². The van der Waals surface area contributed by atoms with Gasteiger partial charge in [0.15, 0.2) is 5.16 Å². The third-order valence-electron chi connectivity index (χ3n) is 4.33. The van der Waals surface area contributed by atoms with Crippen LogP contribution < -0.4 is 5.56 Å². The second-order valence-electron chi connectivity index (χ2n) is 6.05. The summed E-state index contributed by atoms with van der Waals surface area (Å²) in [5, 5.41) is 0.696. The monoisotopic (exact) mass is 357 g/mol. The third kappa shape index (κ3) is 4.60. The lowest BCUT2D eigenvalue weighted by Crippen LogP contribution is -2.37. The molecule has 0 spiro atoms. The Morgan fingerprint density at radius 3 is 2.92 bits per heavy atom. The normalized spacial score (nSPS) is 14.3. The molecule has 3 rings (SSSR count). The van der Waals surface area contributed by atoms with Crippen LogP contribution in [0.4, 0.5) is 0 Å². The van der Waals surface area contributed by atoms with Crippen LogP contribution in [0.15, 0.2) is 40.8 Å². The molecule has 0 unspecified atom stereocenters. The molecule has 1 aromatic carbocycles. The zero-order valence-electron chi connectivity index (χ0n) is 14.5. The minimum atomic E-state index is -0.0170. The molecule has 1 N–H and O–H groups in total. The van der Waals surface area contributed by atoms with Crippen LogP contribution in [0, 0.1) is 0 Å². The highest BCUT2D eigenvalue weighted by atomic mass is 32.2.